The van der Waals surface area contributed by atoms with Gasteiger partial charge in [-0.05, 0) is 81.1 Å². The number of piperazine rings is 1. The zero-order chi connectivity index (χ0) is 23.3. The molecule has 2 N–H and O–H groups in total. The molecular weight excluding hydrogens is 436 g/mol. The number of aryl methyl sites for hydroxylation is 1. The number of nitrogens with one attached hydrogen (secondary N) is 2. The van der Waals surface area contributed by atoms with E-state index in [9.17, 15) is 13.2 Å². The molecule has 4 rings (SSSR count). The molecule has 1 aliphatic carbocycles. The predicted molar refractivity (Wildman–Crippen MR) is 131 cm³/mol. The van der Waals surface area contributed by atoms with Crippen molar-refractivity contribution >= 4 is 21.6 Å². The lowest BCUT2D eigenvalue weighted by molar-refractivity contribution is 0.0952. The summed E-state index contributed by atoms with van der Waals surface area (Å²) < 4.78 is 27.1. The minimum atomic E-state index is -3.49. The molecule has 0 spiro atoms. The van der Waals surface area contributed by atoms with Crippen molar-refractivity contribution in [1.29, 1.82) is 0 Å². The van der Waals surface area contributed by atoms with Crippen molar-refractivity contribution in [2.45, 2.75) is 43.5 Å². The average Bonchev–Trinajstić information content (AvgIpc) is 3.62. The second kappa shape index (κ2) is 10.7. The van der Waals surface area contributed by atoms with Crippen LogP contribution < -0.4 is 14.9 Å². The Kier molecular flexibility index (Phi) is 7.67. The molecule has 2 aliphatic rings. The van der Waals surface area contributed by atoms with Gasteiger partial charge in [0.25, 0.3) is 5.91 Å². The average molecular weight is 471 g/mol. The Morgan fingerprint density at radius 1 is 1.00 bits per heavy atom. The maximum absolute atomic E-state index is 12.4. The summed E-state index contributed by atoms with van der Waals surface area (Å²) in [6.45, 7) is 8.00. The third-order valence-corrected chi connectivity index (χ3v) is 7.79. The molecule has 178 valence electrons. The van der Waals surface area contributed by atoms with E-state index in [0.717, 1.165) is 58.4 Å². The van der Waals surface area contributed by atoms with Gasteiger partial charge < -0.3 is 10.2 Å². The highest BCUT2D eigenvalue weighted by molar-refractivity contribution is 7.89. The Morgan fingerprint density at radius 3 is 2.39 bits per heavy atom. The molecule has 1 saturated heterocycles. The molecule has 1 aliphatic heterocycles. The first-order chi connectivity index (χ1) is 15.9. The van der Waals surface area contributed by atoms with Crippen LogP contribution in [-0.4, -0.2) is 64.5 Å². The van der Waals surface area contributed by atoms with Crippen LogP contribution in [-0.2, 0) is 10.0 Å². The van der Waals surface area contributed by atoms with Crippen molar-refractivity contribution < 1.29 is 13.2 Å². The Balaban J connectivity index is 1.12. The number of nitrogens with zero attached hydrogens (tertiary/aromatic N) is 2. The van der Waals surface area contributed by atoms with Crippen LogP contribution >= 0.6 is 0 Å². The summed E-state index contributed by atoms with van der Waals surface area (Å²) in [7, 11) is -3.49. The van der Waals surface area contributed by atoms with E-state index in [0.29, 0.717) is 12.1 Å². The van der Waals surface area contributed by atoms with Gasteiger partial charge in [-0.25, -0.2) is 13.1 Å². The van der Waals surface area contributed by atoms with Crippen molar-refractivity contribution in [1.82, 2.24) is 14.9 Å². The normalized spacial score (nSPS) is 17.2. The molecule has 2 aromatic carbocycles. The van der Waals surface area contributed by atoms with Crippen LogP contribution in [0.1, 0.15) is 41.6 Å². The Bertz CT molecular complexity index is 1040. The predicted octanol–water partition coefficient (Wildman–Crippen LogP) is 2.77. The van der Waals surface area contributed by atoms with E-state index in [1.807, 2.05) is 0 Å². The van der Waals surface area contributed by atoms with Gasteiger partial charge in [-0.2, -0.15) is 0 Å². The smallest absolute Gasteiger partial charge is 0.251 e. The summed E-state index contributed by atoms with van der Waals surface area (Å²) in [5, 5.41) is 2.94. The number of sulfonamides is 1. The maximum atomic E-state index is 12.4. The largest absolute Gasteiger partial charge is 0.369 e. The Hall–Kier alpha value is -2.42. The number of hydrogen-bond donors (Lipinski definition) is 2. The number of amides is 1. The fraction of sp³-hybridized carbons (Fsp3) is 0.480. The van der Waals surface area contributed by atoms with Crippen molar-refractivity contribution in [3.8, 4) is 0 Å². The molecule has 0 aromatic heterocycles. The zero-order valence-corrected chi connectivity index (χ0v) is 20.1. The van der Waals surface area contributed by atoms with Crippen LogP contribution in [0.5, 0.6) is 0 Å². The second-order valence-electron chi connectivity index (χ2n) is 9.05. The number of anilines is 1. The monoisotopic (exact) mass is 470 g/mol. The molecule has 8 heteroatoms. The SMILES string of the molecule is Cc1cccc(N2CCN(CCCCNC(=O)c3ccc(S(=O)(=O)NC4CC4)cc3)CC2)c1. The van der Waals surface area contributed by atoms with Gasteiger partial charge >= 0.3 is 0 Å². The maximum Gasteiger partial charge on any atom is 0.251 e. The van der Waals surface area contributed by atoms with Crippen molar-refractivity contribution in [3.63, 3.8) is 0 Å². The third-order valence-electron chi connectivity index (χ3n) is 6.25. The zero-order valence-electron chi connectivity index (χ0n) is 19.3. The molecule has 2 fully saturated rings. The molecular formula is C25H34N4O3S. The van der Waals surface area contributed by atoms with E-state index in [-0.39, 0.29) is 16.8 Å². The highest BCUT2D eigenvalue weighted by atomic mass is 32.2. The summed E-state index contributed by atoms with van der Waals surface area (Å²) in [6, 6.07) is 14.9. The van der Waals surface area contributed by atoms with Crippen LogP contribution in [0, 0.1) is 6.92 Å². The first-order valence-corrected chi connectivity index (χ1v) is 13.3. The Morgan fingerprint density at radius 2 is 1.73 bits per heavy atom. The highest BCUT2D eigenvalue weighted by Gasteiger charge is 2.28. The molecule has 0 bridgehead atoms. The van der Waals surface area contributed by atoms with Crippen LogP contribution in [0.3, 0.4) is 0 Å². The number of hydrogen-bond acceptors (Lipinski definition) is 5. The van der Waals surface area contributed by atoms with E-state index < -0.39 is 10.0 Å². The number of carbonyl (C=O) groups excluding carboxylic acids is 1. The summed E-state index contributed by atoms with van der Waals surface area (Å²) in [4.78, 5) is 17.5. The Labute approximate surface area is 197 Å². The third kappa shape index (κ3) is 6.79. The van der Waals surface area contributed by atoms with Gasteiger partial charge in [0, 0.05) is 50.0 Å². The van der Waals surface area contributed by atoms with E-state index >= 15 is 0 Å². The van der Waals surface area contributed by atoms with E-state index in [1.165, 1.54) is 23.4 Å². The van der Waals surface area contributed by atoms with Crippen molar-refractivity contribution in [2.24, 2.45) is 0 Å². The quantitative estimate of drug-likeness (QED) is 0.522. The van der Waals surface area contributed by atoms with Crippen LogP contribution in [0.15, 0.2) is 53.4 Å². The van der Waals surface area contributed by atoms with Crippen molar-refractivity contribution in [2.75, 3.05) is 44.2 Å². The molecule has 7 nitrogen and oxygen atoms in total. The lowest BCUT2D eigenvalue weighted by Crippen LogP contribution is -2.46. The highest BCUT2D eigenvalue weighted by Crippen LogP contribution is 2.22. The van der Waals surface area contributed by atoms with Crippen molar-refractivity contribution in [3.05, 3.63) is 59.7 Å². The summed E-state index contributed by atoms with van der Waals surface area (Å²) >= 11 is 0. The van der Waals surface area contributed by atoms with E-state index in [2.05, 4.69) is 51.0 Å². The van der Waals surface area contributed by atoms with Gasteiger partial charge in [0.2, 0.25) is 10.0 Å². The van der Waals surface area contributed by atoms with Gasteiger partial charge in [-0.1, -0.05) is 12.1 Å². The van der Waals surface area contributed by atoms with E-state index in [4.69, 9.17) is 0 Å². The van der Waals surface area contributed by atoms with Gasteiger partial charge in [-0.15, -0.1) is 0 Å². The van der Waals surface area contributed by atoms with Crippen LogP contribution in [0.4, 0.5) is 5.69 Å². The number of carbonyl (C=O) groups is 1. The van der Waals surface area contributed by atoms with Gasteiger partial charge in [0.05, 0.1) is 4.90 Å². The molecule has 1 amide bonds. The number of benzene rings is 2. The fourth-order valence-corrected chi connectivity index (χ4v) is 5.40. The molecule has 2 aromatic rings. The van der Waals surface area contributed by atoms with E-state index in [1.54, 1.807) is 12.1 Å². The van der Waals surface area contributed by atoms with Gasteiger partial charge in [-0.3, -0.25) is 9.69 Å². The number of rotatable bonds is 10. The molecule has 0 unspecified atom stereocenters. The molecule has 1 heterocycles. The standard InChI is InChI=1S/C25H34N4O3S/c1-20-5-4-6-23(19-20)29-17-15-28(16-18-29)14-3-2-13-26-25(30)21-7-11-24(12-8-21)33(31,32)27-22-9-10-22/h4-8,11-12,19,22,27H,2-3,9-10,13-18H2,1H3,(H,26,30). The minimum absolute atomic E-state index is 0.0648. The number of unbranched alkanes of at least 4 members (excludes halogenated alkanes) is 1. The molecule has 0 radical (unpaired) electrons. The topological polar surface area (TPSA) is 81.8 Å². The minimum Gasteiger partial charge on any atom is -0.369 e. The molecule has 1 saturated carbocycles. The van der Waals surface area contributed by atoms with Crippen LogP contribution in [0.2, 0.25) is 0 Å². The molecule has 0 atom stereocenters. The van der Waals surface area contributed by atoms with Gasteiger partial charge in [0.15, 0.2) is 0 Å². The summed E-state index contributed by atoms with van der Waals surface area (Å²) in [5.74, 6) is -0.166. The first-order valence-electron chi connectivity index (χ1n) is 11.9. The lowest BCUT2D eigenvalue weighted by atomic mass is 10.2. The lowest BCUT2D eigenvalue weighted by Gasteiger charge is -2.36. The summed E-state index contributed by atoms with van der Waals surface area (Å²) in [5.41, 5.74) is 3.08. The molecule has 33 heavy (non-hydrogen) atoms. The van der Waals surface area contributed by atoms with Crippen LogP contribution in [0.25, 0.3) is 0 Å². The summed E-state index contributed by atoms with van der Waals surface area (Å²) in [6.07, 6.45) is 3.74. The van der Waals surface area contributed by atoms with Gasteiger partial charge in [0.1, 0.15) is 0 Å². The first kappa shape index (κ1) is 23.7. The fourth-order valence-electron chi connectivity index (χ4n) is 4.09. The second-order valence-corrected chi connectivity index (χ2v) is 10.8.